The van der Waals surface area contributed by atoms with E-state index in [1.54, 1.807) is 0 Å². The van der Waals surface area contributed by atoms with Crippen LogP contribution in [0, 0.1) is 0 Å². The molecule has 0 aliphatic heterocycles. The predicted molar refractivity (Wildman–Crippen MR) is 86.1 cm³/mol. The maximum absolute atomic E-state index is 3.57. The summed E-state index contributed by atoms with van der Waals surface area (Å²) in [6, 6.07) is 17.1. The van der Waals surface area contributed by atoms with Crippen molar-refractivity contribution < 1.29 is 0 Å². The molecule has 0 radical (unpaired) electrons. The second-order valence-corrected chi connectivity index (χ2v) is 5.15. The first kappa shape index (κ1) is 12.8. The molecule has 0 aliphatic carbocycles. The molecule has 2 aromatic carbocycles. The number of anilines is 1. The van der Waals surface area contributed by atoms with E-state index in [1.165, 1.54) is 27.7 Å². The van der Waals surface area contributed by atoms with Gasteiger partial charge in [-0.1, -0.05) is 43.3 Å². The van der Waals surface area contributed by atoms with E-state index in [1.807, 2.05) is 0 Å². The summed E-state index contributed by atoms with van der Waals surface area (Å²) < 4.78 is 2.19. The van der Waals surface area contributed by atoms with E-state index in [0.29, 0.717) is 0 Å². The van der Waals surface area contributed by atoms with Gasteiger partial charge in [0.15, 0.2) is 0 Å². The van der Waals surface area contributed by atoms with Gasteiger partial charge in [-0.05, 0) is 29.7 Å². The van der Waals surface area contributed by atoms with Crippen LogP contribution in [0.4, 0.5) is 5.69 Å². The van der Waals surface area contributed by atoms with Gasteiger partial charge in [-0.25, -0.2) is 0 Å². The first-order valence-electron chi connectivity index (χ1n) is 7.14. The molecule has 0 bridgehead atoms. The highest BCUT2D eigenvalue weighted by Crippen LogP contribution is 2.22. The zero-order chi connectivity index (χ0) is 13.9. The molecule has 0 fully saturated rings. The van der Waals surface area contributed by atoms with Gasteiger partial charge in [0, 0.05) is 36.4 Å². The Morgan fingerprint density at radius 3 is 2.55 bits per heavy atom. The molecule has 0 atom stereocenters. The number of benzene rings is 2. The van der Waals surface area contributed by atoms with Crippen LogP contribution in [0.15, 0.2) is 54.7 Å². The maximum atomic E-state index is 3.57. The highest BCUT2D eigenvalue weighted by molar-refractivity contribution is 5.84. The van der Waals surface area contributed by atoms with Crippen molar-refractivity contribution in [2.24, 2.45) is 7.05 Å². The van der Waals surface area contributed by atoms with Crippen molar-refractivity contribution in [1.82, 2.24) is 4.57 Å². The van der Waals surface area contributed by atoms with E-state index in [9.17, 15) is 0 Å². The van der Waals surface area contributed by atoms with Gasteiger partial charge >= 0.3 is 0 Å². The van der Waals surface area contributed by atoms with E-state index >= 15 is 0 Å². The molecule has 0 saturated heterocycles. The van der Waals surface area contributed by atoms with Gasteiger partial charge in [0.05, 0.1) is 0 Å². The van der Waals surface area contributed by atoms with E-state index in [2.05, 4.69) is 78.6 Å². The van der Waals surface area contributed by atoms with Crippen molar-refractivity contribution in [3.63, 3.8) is 0 Å². The number of nitrogens with one attached hydrogen (secondary N) is 1. The molecule has 1 heterocycles. The van der Waals surface area contributed by atoms with Gasteiger partial charge < -0.3 is 9.88 Å². The highest BCUT2D eigenvalue weighted by Gasteiger charge is 2.06. The topological polar surface area (TPSA) is 17.0 Å². The third kappa shape index (κ3) is 2.29. The number of rotatable bonds is 4. The Bertz CT molecular complexity index is 725. The molecule has 2 heteroatoms. The Morgan fingerprint density at radius 2 is 1.70 bits per heavy atom. The minimum atomic E-state index is 0.859. The summed E-state index contributed by atoms with van der Waals surface area (Å²) in [6.07, 6.45) is 3.27. The lowest BCUT2D eigenvalue weighted by Crippen LogP contribution is -2.01. The third-order valence-corrected chi connectivity index (χ3v) is 3.85. The maximum Gasteiger partial charge on any atom is 0.0481 e. The second-order valence-electron chi connectivity index (χ2n) is 5.15. The van der Waals surface area contributed by atoms with Crippen molar-refractivity contribution in [2.45, 2.75) is 19.9 Å². The van der Waals surface area contributed by atoms with Crippen molar-refractivity contribution in [1.29, 1.82) is 0 Å². The lowest BCUT2D eigenvalue weighted by molar-refractivity contribution is 0.955. The van der Waals surface area contributed by atoms with Crippen molar-refractivity contribution in [3.05, 3.63) is 65.9 Å². The Balaban J connectivity index is 1.87. The Kier molecular flexibility index (Phi) is 3.46. The molecule has 3 rings (SSSR count). The third-order valence-electron chi connectivity index (χ3n) is 3.85. The zero-order valence-corrected chi connectivity index (χ0v) is 12.1. The quantitative estimate of drug-likeness (QED) is 0.741. The highest BCUT2D eigenvalue weighted by atomic mass is 14.9. The first-order valence-corrected chi connectivity index (χ1v) is 7.14. The smallest absolute Gasteiger partial charge is 0.0481 e. The molecule has 0 spiro atoms. The summed E-state index contributed by atoms with van der Waals surface area (Å²) in [5.41, 5.74) is 5.23. The molecule has 0 aliphatic rings. The molecule has 102 valence electrons. The summed E-state index contributed by atoms with van der Waals surface area (Å²) in [4.78, 5) is 0. The van der Waals surface area contributed by atoms with Gasteiger partial charge in [-0.3, -0.25) is 0 Å². The molecular formula is C18H20N2. The van der Waals surface area contributed by atoms with E-state index in [4.69, 9.17) is 0 Å². The van der Waals surface area contributed by atoms with Crippen LogP contribution >= 0.6 is 0 Å². The van der Waals surface area contributed by atoms with E-state index in [-0.39, 0.29) is 0 Å². The average molecular weight is 264 g/mol. The number of para-hydroxylation sites is 2. The monoisotopic (exact) mass is 264 g/mol. The van der Waals surface area contributed by atoms with Crippen molar-refractivity contribution >= 4 is 16.6 Å². The van der Waals surface area contributed by atoms with Crippen LogP contribution in [0.3, 0.4) is 0 Å². The largest absolute Gasteiger partial charge is 0.381 e. The van der Waals surface area contributed by atoms with E-state index < -0.39 is 0 Å². The molecule has 3 aromatic rings. The zero-order valence-electron chi connectivity index (χ0n) is 12.1. The lowest BCUT2D eigenvalue weighted by Gasteiger charge is -2.10. The van der Waals surface area contributed by atoms with Crippen LogP contribution in [0.2, 0.25) is 0 Å². The molecule has 0 amide bonds. The number of fused-ring (bicyclic) bond motifs is 1. The fourth-order valence-electron chi connectivity index (χ4n) is 2.76. The lowest BCUT2D eigenvalue weighted by atomic mass is 10.1. The summed E-state index contributed by atoms with van der Waals surface area (Å²) in [6.45, 7) is 3.05. The second kappa shape index (κ2) is 5.41. The molecule has 1 N–H and O–H groups in total. The van der Waals surface area contributed by atoms with Crippen LogP contribution in [-0.4, -0.2) is 4.57 Å². The normalized spacial score (nSPS) is 10.9. The summed E-state index contributed by atoms with van der Waals surface area (Å²) in [5.74, 6) is 0. The van der Waals surface area contributed by atoms with Gasteiger partial charge in [0.2, 0.25) is 0 Å². The summed E-state index contributed by atoms with van der Waals surface area (Å²) >= 11 is 0. The van der Waals surface area contributed by atoms with Crippen molar-refractivity contribution in [2.75, 3.05) is 5.32 Å². The van der Waals surface area contributed by atoms with Crippen LogP contribution in [0.5, 0.6) is 0 Å². The first-order chi connectivity index (χ1) is 9.79. The van der Waals surface area contributed by atoms with E-state index in [0.717, 1.165) is 13.0 Å². The van der Waals surface area contributed by atoms with Crippen LogP contribution in [-0.2, 0) is 20.0 Å². The Hall–Kier alpha value is -2.22. The number of aryl methyl sites for hydroxylation is 2. The number of hydrogen-bond acceptors (Lipinski definition) is 1. The van der Waals surface area contributed by atoms with Crippen LogP contribution < -0.4 is 5.32 Å². The fourth-order valence-corrected chi connectivity index (χ4v) is 2.76. The molecule has 0 unspecified atom stereocenters. The summed E-state index contributed by atoms with van der Waals surface area (Å²) in [7, 11) is 2.10. The summed E-state index contributed by atoms with van der Waals surface area (Å²) in [5, 5.41) is 4.90. The van der Waals surface area contributed by atoms with Gasteiger partial charge in [0.1, 0.15) is 0 Å². The molecule has 20 heavy (non-hydrogen) atoms. The average Bonchev–Trinajstić information content (AvgIpc) is 2.82. The van der Waals surface area contributed by atoms with Crippen LogP contribution in [0.1, 0.15) is 18.1 Å². The Labute approximate surface area is 120 Å². The molecule has 1 aromatic heterocycles. The molecule has 2 nitrogen and oxygen atoms in total. The minimum absolute atomic E-state index is 0.859. The fraction of sp³-hybridized carbons (Fsp3) is 0.222. The number of nitrogens with zero attached hydrogens (tertiary/aromatic N) is 1. The standard InChI is InChI=1S/C18H20N2/c1-3-14-8-4-6-10-17(14)19-12-15-13-20(2)18-11-7-5-9-16(15)18/h4-11,13,19H,3,12H2,1-2H3. The number of aromatic nitrogens is 1. The van der Waals surface area contributed by atoms with Gasteiger partial charge in [0.25, 0.3) is 0 Å². The van der Waals surface area contributed by atoms with Crippen molar-refractivity contribution in [3.8, 4) is 0 Å². The molecular weight excluding hydrogens is 244 g/mol. The minimum Gasteiger partial charge on any atom is -0.381 e. The SMILES string of the molecule is CCc1ccccc1NCc1cn(C)c2ccccc12. The number of hydrogen-bond donors (Lipinski definition) is 1. The van der Waals surface area contributed by atoms with Gasteiger partial charge in [-0.2, -0.15) is 0 Å². The molecule has 0 saturated carbocycles. The Morgan fingerprint density at radius 1 is 0.950 bits per heavy atom. The van der Waals surface area contributed by atoms with Crippen LogP contribution in [0.25, 0.3) is 10.9 Å². The predicted octanol–water partition coefficient (Wildman–Crippen LogP) is 4.35. The van der Waals surface area contributed by atoms with Gasteiger partial charge in [-0.15, -0.1) is 0 Å².